The molecule has 0 saturated heterocycles. The summed E-state index contributed by atoms with van der Waals surface area (Å²) in [5.41, 5.74) is 14.5. The Bertz CT molecular complexity index is 3450. The average Bonchev–Trinajstić information content (AvgIpc) is 3.94. The van der Waals surface area contributed by atoms with Crippen molar-refractivity contribution in [3.05, 3.63) is 230 Å². The van der Waals surface area contributed by atoms with Crippen molar-refractivity contribution in [3.8, 4) is 29.3 Å². The Kier molecular flexibility index (Phi) is 14.9. The zero-order chi connectivity index (χ0) is 50.0. The lowest BCUT2D eigenvalue weighted by atomic mass is 10.0. The monoisotopic (exact) mass is 974 g/mol. The first kappa shape index (κ1) is 48.3. The number of methoxy groups -OCH3 is 1. The zero-order valence-corrected chi connectivity index (χ0v) is 40.1. The fraction of sp³-hybridized carbons (Fsp3) is 0.0714. The van der Waals surface area contributed by atoms with Gasteiger partial charge in [-0.2, -0.15) is 20.7 Å². The quantitative estimate of drug-likeness (QED) is 0.0599. The number of rotatable bonds is 14. The number of nitrogens with one attached hydrogen (secondary N) is 3. The molecule has 0 atom stereocenters. The van der Waals surface area contributed by atoms with E-state index in [0.29, 0.717) is 62.1 Å². The summed E-state index contributed by atoms with van der Waals surface area (Å²) in [5.74, 6) is 0.890. The van der Waals surface area contributed by atoms with Crippen LogP contribution >= 0.6 is 23.2 Å². The molecule has 0 saturated carbocycles. The van der Waals surface area contributed by atoms with Crippen LogP contribution in [0.3, 0.4) is 0 Å². The van der Waals surface area contributed by atoms with E-state index in [-0.39, 0.29) is 34.1 Å². The molecule has 0 aliphatic carbocycles. The predicted octanol–water partition coefficient (Wildman–Crippen LogP) is 12.6. The van der Waals surface area contributed by atoms with E-state index < -0.39 is 0 Å². The normalized spacial score (nSPS) is 10.5. The van der Waals surface area contributed by atoms with Gasteiger partial charge >= 0.3 is 0 Å². The van der Waals surface area contributed by atoms with Gasteiger partial charge in [0.15, 0.2) is 23.0 Å². The lowest BCUT2D eigenvalue weighted by Gasteiger charge is -2.13. The molecule has 350 valence electrons. The second-order valence-corrected chi connectivity index (χ2v) is 17.1. The molecule has 2 heterocycles. The van der Waals surface area contributed by atoms with Crippen molar-refractivity contribution in [1.82, 2.24) is 19.6 Å². The fourth-order valence-electron chi connectivity index (χ4n) is 7.36. The number of nitrogen functional groups attached to an aromatic ring is 1. The number of nitriles is 2. The molecule has 9 rings (SSSR count). The second kappa shape index (κ2) is 21.9. The number of carbonyl (C=O) groups is 2. The molecule has 71 heavy (non-hydrogen) atoms. The maximum atomic E-state index is 13.5. The van der Waals surface area contributed by atoms with Gasteiger partial charge in [0.1, 0.15) is 29.0 Å². The average molecular weight is 976 g/mol. The van der Waals surface area contributed by atoms with Crippen molar-refractivity contribution < 1.29 is 14.3 Å². The van der Waals surface area contributed by atoms with E-state index in [2.05, 4.69) is 38.3 Å². The summed E-state index contributed by atoms with van der Waals surface area (Å²) < 4.78 is 8.32. The summed E-state index contributed by atoms with van der Waals surface area (Å²) in [6.07, 6.45) is 0. The molecule has 0 unspecified atom stereocenters. The number of nitrogens with zero attached hydrogens (tertiary/aromatic N) is 6. The summed E-state index contributed by atoms with van der Waals surface area (Å²) in [6.45, 7) is 4.51. The minimum absolute atomic E-state index is 0.0627. The minimum atomic E-state index is -0.333. The van der Waals surface area contributed by atoms with Crippen LogP contribution in [0.15, 0.2) is 170 Å². The summed E-state index contributed by atoms with van der Waals surface area (Å²) >= 11 is 12.1. The summed E-state index contributed by atoms with van der Waals surface area (Å²) in [7, 11) is 1.64. The van der Waals surface area contributed by atoms with Crippen LogP contribution in [0.4, 0.5) is 34.4 Å². The number of aryl methyl sites for hydroxylation is 2. The number of halogens is 2. The van der Waals surface area contributed by atoms with Gasteiger partial charge in [-0.05, 0) is 116 Å². The molecule has 9 aromatic rings. The van der Waals surface area contributed by atoms with Gasteiger partial charge in [-0.1, -0.05) is 107 Å². The van der Waals surface area contributed by atoms with E-state index in [4.69, 9.17) is 33.7 Å². The maximum Gasteiger partial charge on any atom is 0.214 e. The highest BCUT2D eigenvalue weighted by molar-refractivity contribution is 6.30. The van der Waals surface area contributed by atoms with Gasteiger partial charge in [0.2, 0.25) is 11.6 Å². The molecule has 5 N–H and O–H groups in total. The maximum absolute atomic E-state index is 13.5. The summed E-state index contributed by atoms with van der Waals surface area (Å²) in [5, 5.41) is 40.3. The second-order valence-electron chi connectivity index (χ2n) is 16.2. The number of aromatic nitrogens is 4. The standard InChI is InChI=1S/C32H26ClN5O2.C24H18ClN5O/c1-21-6-10-23(11-7-21)31(39)30-29(19-34)32(38(37-30)27-14-12-24(33)13-15-27)36-26-5-3-4-25(18-26)35-20-22-8-16-28(40-2)17-9-22;1-15-5-7-16(8-6-15)23(31)22-21(14-26)24(28-19-4-2-3-18(27)13-19)30(29-22)20-11-9-17(25)10-12-20/h3-18,35-36H,20H2,1-2H3;2-13,28H,27H2,1H3. The molecule has 2 aromatic heterocycles. The number of ketones is 2. The number of benzene rings is 7. The van der Waals surface area contributed by atoms with E-state index in [9.17, 15) is 20.1 Å². The van der Waals surface area contributed by atoms with Crippen LogP contribution in [0, 0.1) is 36.5 Å². The van der Waals surface area contributed by atoms with Crippen molar-refractivity contribution >= 4 is 69.2 Å². The Morgan fingerprint density at radius 3 is 1.46 bits per heavy atom. The first-order valence-corrected chi connectivity index (χ1v) is 22.8. The Morgan fingerprint density at radius 1 is 0.592 bits per heavy atom. The smallest absolute Gasteiger partial charge is 0.214 e. The lowest BCUT2D eigenvalue weighted by Crippen LogP contribution is -2.05. The van der Waals surface area contributed by atoms with E-state index in [1.807, 2.05) is 92.7 Å². The van der Waals surface area contributed by atoms with E-state index in [0.717, 1.165) is 33.8 Å². The van der Waals surface area contributed by atoms with Crippen LogP contribution in [-0.4, -0.2) is 38.2 Å². The number of anilines is 6. The third-order valence-electron chi connectivity index (χ3n) is 11.1. The Hall–Kier alpha value is -9.14. The van der Waals surface area contributed by atoms with Gasteiger partial charge < -0.3 is 26.4 Å². The van der Waals surface area contributed by atoms with Gasteiger partial charge in [0, 0.05) is 50.5 Å². The van der Waals surface area contributed by atoms with Crippen molar-refractivity contribution in [2.24, 2.45) is 0 Å². The molecule has 0 aliphatic rings. The minimum Gasteiger partial charge on any atom is -0.497 e. The first-order valence-electron chi connectivity index (χ1n) is 22.1. The molecular formula is C56H44Cl2N10O3. The number of ether oxygens (including phenoxy) is 1. The topological polar surface area (TPSA) is 189 Å². The number of hydrogen-bond donors (Lipinski definition) is 4. The molecule has 0 radical (unpaired) electrons. The van der Waals surface area contributed by atoms with Crippen LogP contribution in [0.1, 0.15) is 59.9 Å². The Morgan fingerprint density at radius 2 is 1.03 bits per heavy atom. The van der Waals surface area contributed by atoms with Crippen LogP contribution in [0.5, 0.6) is 5.75 Å². The number of carbonyl (C=O) groups excluding carboxylic acids is 2. The molecule has 7 aromatic carbocycles. The van der Waals surface area contributed by atoms with Crippen LogP contribution in [-0.2, 0) is 6.54 Å². The molecule has 0 fully saturated rings. The van der Waals surface area contributed by atoms with E-state index >= 15 is 0 Å². The highest BCUT2D eigenvalue weighted by Crippen LogP contribution is 2.32. The molecule has 15 heteroatoms. The van der Waals surface area contributed by atoms with Gasteiger partial charge in [0.25, 0.3) is 0 Å². The van der Waals surface area contributed by atoms with Gasteiger partial charge in [-0.25, -0.2) is 9.36 Å². The van der Waals surface area contributed by atoms with Gasteiger partial charge in [-0.3, -0.25) is 9.59 Å². The highest BCUT2D eigenvalue weighted by Gasteiger charge is 2.27. The third kappa shape index (κ3) is 11.4. The van der Waals surface area contributed by atoms with Gasteiger partial charge in [0.05, 0.1) is 18.5 Å². The summed E-state index contributed by atoms with van der Waals surface area (Å²) in [4.78, 5) is 26.7. The van der Waals surface area contributed by atoms with E-state index in [1.165, 1.54) is 4.68 Å². The SMILES string of the molecule is COc1ccc(CNc2cccc(Nc3c(C#N)c(C(=O)c4ccc(C)cc4)nn3-c3ccc(Cl)cc3)c2)cc1.Cc1ccc(C(=O)c2nn(-c3ccc(Cl)cc3)c(Nc3cccc(N)c3)c2C#N)cc1. The molecule has 0 amide bonds. The van der Waals surface area contributed by atoms with Crippen molar-refractivity contribution in [2.75, 3.05) is 28.8 Å². The summed E-state index contributed by atoms with van der Waals surface area (Å²) in [6, 6.07) is 55.4. The molecule has 13 nitrogen and oxygen atoms in total. The third-order valence-corrected chi connectivity index (χ3v) is 11.6. The fourth-order valence-corrected chi connectivity index (χ4v) is 7.61. The number of hydrogen-bond acceptors (Lipinski definition) is 11. The lowest BCUT2D eigenvalue weighted by molar-refractivity contribution is 0.102. The highest BCUT2D eigenvalue weighted by atomic mass is 35.5. The predicted molar refractivity (Wildman–Crippen MR) is 280 cm³/mol. The zero-order valence-electron chi connectivity index (χ0n) is 38.6. The van der Waals surface area contributed by atoms with Gasteiger partial charge in [-0.15, -0.1) is 0 Å². The molecule has 0 bridgehead atoms. The Balaban J connectivity index is 0.000000197. The van der Waals surface area contributed by atoms with Crippen LogP contribution in [0.25, 0.3) is 11.4 Å². The largest absolute Gasteiger partial charge is 0.497 e. The number of nitrogens with two attached hydrogens (primary N) is 1. The molecule has 0 aliphatic heterocycles. The van der Waals surface area contributed by atoms with Crippen LogP contribution < -0.4 is 26.4 Å². The van der Waals surface area contributed by atoms with Crippen molar-refractivity contribution in [2.45, 2.75) is 20.4 Å². The van der Waals surface area contributed by atoms with Crippen LogP contribution in [0.2, 0.25) is 10.0 Å². The Labute approximate surface area is 420 Å². The van der Waals surface area contributed by atoms with Crippen molar-refractivity contribution in [1.29, 1.82) is 10.5 Å². The molecule has 0 spiro atoms. The first-order chi connectivity index (χ1) is 34.4. The molecular weight excluding hydrogens is 932 g/mol. The van der Waals surface area contributed by atoms with Crippen molar-refractivity contribution in [3.63, 3.8) is 0 Å². The van der Waals surface area contributed by atoms with E-state index in [1.54, 1.807) is 103 Å².